The number of amides is 2. The summed E-state index contributed by atoms with van der Waals surface area (Å²) in [5.41, 5.74) is 2.52. The van der Waals surface area contributed by atoms with E-state index in [4.69, 9.17) is 4.74 Å². The molecule has 2 aromatic carbocycles. The highest BCUT2D eigenvalue weighted by Gasteiger charge is 2.23. The number of ether oxygens (including phenoxy) is 1. The van der Waals surface area contributed by atoms with Crippen LogP contribution in [0.3, 0.4) is 0 Å². The Bertz CT molecular complexity index is 801. The van der Waals surface area contributed by atoms with Crippen molar-refractivity contribution in [3.8, 4) is 5.75 Å². The SMILES string of the molecule is CC(C)(C)c1ccc(OCC(=O)Nc2ccc(C(=O)NC3CC3)cc2)cc1. The number of hydrogen-bond donors (Lipinski definition) is 2. The second kappa shape index (κ2) is 7.82. The fourth-order valence-corrected chi connectivity index (χ4v) is 2.60. The van der Waals surface area contributed by atoms with E-state index >= 15 is 0 Å². The molecule has 5 heteroatoms. The molecule has 2 aromatic rings. The first kappa shape index (κ1) is 19.0. The zero-order chi connectivity index (χ0) is 19.4. The Morgan fingerprint density at radius 2 is 1.63 bits per heavy atom. The van der Waals surface area contributed by atoms with Gasteiger partial charge < -0.3 is 15.4 Å². The molecule has 2 N–H and O–H groups in total. The molecule has 0 spiro atoms. The van der Waals surface area contributed by atoms with Gasteiger partial charge in [-0.15, -0.1) is 0 Å². The molecule has 1 aliphatic carbocycles. The molecule has 1 saturated carbocycles. The van der Waals surface area contributed by atoms with E-state index in [9.17, 15) is 9.59 Å². The Morgan fingerprint density at radius 1 is 1.00 bits per heavy atom. The maximum Gasteiger partial charge on any atom is 0.262 e. The minimum atomic E-state index is -0.245. The number of hydrogen-bond acceptors (Lipinski definition) is 3. The molecular formula is C22H26N2O3. The predicted molar refractivity (Wildman–Crippen MR) is 106 cm³/mol. The summed E-state index contributed by atoms with van der Waals surface area (Å²) in [5, 5.41) is 5.71. The van der Waals surface area contributed by atoms with E-state index in [-0.39, 0.29) is 23.8 Å². The maximum atomic E-state index is 12.1. The Labute approximate surface area is 160 Å². The average molecular weight is 366 g/mol. The van der Waals surface area contributed by atoms with Crippen LogP contribution < -0.4 is 15.4 Å². The molecule has 1 aliphatic rings. The molecule has 5 nitrogen and oxygen atoms in total. The van der Waals surface area contributed by atoms with Crippen molar-refractivity contribution in [2.24, 2.45) is 0 Å². The summed E-state index contributed by atoms with van der Waals surface area (Å²) in [6.45, 7) is 6.38. The summed E-state index contributed by atoms with van der Waals surface area (Å²) in [6, 6.07) is 15.0. The Balaban J connectivity index is 1.48. The molecule has 142 valence electrons. The van der Waals surface area contributed by atoms with Crippen molar-refractivity contribution >= 4 is 17.5 Å². The highest BCUT2D eigenvalue weighted by Crippen LogP contribution is 2.24. The van der Waals surface area contributed by atoms with Gasteiger partial charge in [0.2, 0.25) is 0 Å². The van der Waals surface area contributed by atoms with Crippen molar-refractivity contribution in [1.82, 2.24) is 5.32 Å². The van der Waals surface area contributed by atoms with Crippen LogP contribution in [0.4, 0.5) is 5.69 Å². The van der Waals surface area contributed by atoms with E-state index in [1.165, 1.54) is 5.56 Å². The zero-order valence-corrected chi connectivity index (χ0v) is 16.0. The van der Waals surface area contributed by atoms with Crippen LogP contribution in [-0.2, 0) is 10.2 Å². The first-order chi connectivity index (χ1) is 12.8. The summed E-state index contributed by atoms with van der Waals surface area (Å²) in [7, 11) is 0. The smallest absolute Gasteiger partial charge is 0.262 e. The largest absolute Gasteiger partial charge is 0.484 e. The van der Waals surface area contributed by atoms with Crippen LogP contribution in [0.25, 0.3) is 0 Å². The molecule has 0 saturated heterocycles. The molecular weight excluding hydrogens is 340 g/mol. The second-order valence-electron chi connectivity index (χ2n) is 7.94. The van der Waals surface area contributed by atoms with E-state index in [0.717, 1.165) is 12.8 Å². The fraction of sp³-hybridized carbons (Fsp3) is 0.364. The molecule has 0 bridgehead atoms. The van der Waals surface area contributed by atoms with Crippen molar-refractivity contribution < 1.29 is 14.3 Å². The lowest BCUT2D eigenvalue weighted by molar-refractivity contribution is -0.118. The van der Waals surface area contributed by atoms with Crippen molar-refractivity contribution in [3.05, 3.63) is 59.7 Å². The quantitative estimate of drug-likeness (QED) is 0.815. The third-order valence-electron chi connectivity index (χ3n) is 4.43. The van der Waals surface area contributed by atoms with E-state index < -0.39 is 0 Å². The van der Waals surface area contributed by atoms with Gasteiger partial charge in [0.25, 0.3) is 11.8 Å². The Hall–Kier alpha value is -2.82. The number of rotatable bonds is 6. The first-order valence-electron chi connectivity index (χ1n) is 9.25. The van der Waals surface area contributed by atoms with Gasteiger partial charge >= 0.3 is 0 Å². The molecule has 0 aliphatic heterocycles. The predicted octanol–water partition coefficient (Wildman–Crippen LogP) is 3.89. The molecule has 0 aromatic heterocycles. The fourth-order valence-electron chi connectivity index (χ4n) is 2.60. The second-order valence-corrected chi connectivity index (χ2v) is 7.94. The standard InChI is InChI=1S/C22H26N2O3/c1-22(2,3)16-6-12-19(13-7-16)27-14-20(25)23-17-8-4-15(5-9-17)21(26)24-18-10-11-18/h4-9,12-13,18H,10-11,14H2,1-3H3,(H,23,25)(H,24,26). The van der Waals surface area contributed by atoms with E-state index in [1.54, 1.807) is 24.3 Å². The minimum absolute atomic E-state index is 0.0707. The van der Waals surface area contributed by atoms with Crippen LogP contribution in [0, 0.1) is 0 Å². The summed E-state index contributed by atoms with van der Waals surface area (Å²) in [4.78, 5) is 24.0. The van der Waals surface area contributed by atoms with Crippen LogP contribution in [0.15, 0.2) is 48.5 Å². The molecule has 27 heavy (non-hydrogen) atoms. The highest BCUT2D eigenvalue weighted by molar-refractivity contribution is 5.96. The molecule has 0 atom stereocenters. The maximum absolute atomic E-state index is 12.1. The zero-order valence-electron chi connectivity index (χ0n) is 16.0. The van der Waals surface area contributed by atoms with Crippen molar-refractivity contribution in [2.75, 3.05) is 11.9 Å². The van der Waals surface area contributed by atoms with E-state index in [2.05, 4.69) is 31.4 Å². The van der Waals surface area contributed by atoms with Crippen LogP contribution >= 0.6 is 0 Å². The molecule has 1 fully saturated rings. The van der Waals surface area contributed by atoms with E-state index in [0.29, 0.717) is 23.0 Å². The number of benzene rings is 2. The molecule has 2 amide bonds. The molecule has 0 radical (unpaired) electrons. The minimum Gasteiger partial charge on any atom is -0.484 e. The summed E-state index contributed by atoms with van der Waals surface area (Å²) < 4.78 is 5.54. The number of carbonyl (C=O) groups excluding carboxylic acids is 2. The van der Waals surface area contributed by atoms with Crippen LogP contribution in [-0.4, -0.2) is 24.5 Å². The molecule has 0 unspecified atom stereocenters. The van der Waals surface area contributed by atoms with Gasteiger partial charge in [-0.2, -0.15) is 0 Å². The summed E-state index contributed by atoms with van der Waals surface area (Å²) in [6.07, 6.45) is 2.11. The van der Waals surface area contributed by atoms with Crippen LogP contribution in [0.1, 0.15) is 49.5 Å². The third-order valence-corrected chi connectivity index (χ3v) is 4.43. The van der Waals surface area contributed by atoms with Crippen molar-refractivity contribution in [2.45, 2.75) is 45.1 Å². The van der Waals surface area contributed by atoms with E-state index in [1.807, 2.05) is 24.3 Å². The van der Waals surface area contributed by atoms with Gasteiger partial charge in [-0.3, -0.25) is 9.59 Å². The Kier molecular flexibility index (Phi) is 5.49. The van der Waals surface area contributed by atoms with Gasteiger partial charge in [0.15, 0.2) is 6.61 Å². The topological polar surface area (TPSA) is 67.4 Å². The Morgan fingerprint density at radius 3 is 2.19 bits per heavy atom. The monoisotopic (exact) mass is 366 g/mol. The molecule has 0 heterocycles. The lowest BCUT2D eigenvalue weighted by Crippen LogP contribution is -2.25. The number of carbonyl (C=O) groups is 2. The number of anilines is 1. The van der Waals surface area contributed by atoms with Crippen LogP contribution in [0.5, 0.6) is 5.75 Å². The molecule has 3 rings (SSSR count). The van der Waals surface area contributed by atoms with Crippen molar-refractivity contribution in [3.63, 3.8) is 0 Å². The van der Waals surface area contributed by atoms with Gasteiger partial charge in [0.05, 0.1) is 0 Å². The lowest BCUT2D eigenvalue weighted by atomic mass is 9.87. The normalized spacial score (nSPS) is 13.7. The third kappa shape index (κ3) is 5.58. The van der Waals surface area contributed by atoms with Gasteiger partial charge in [-0.25, -0.2) is 0 Å². The number of nitrogens with one attached hydrogen (secondary N) is 2. The van der Waals surface area contributed by atoms with Gasteiger partial charge in [-0.1, -0.05) is 32.9 Å². The van der Waals surface area contributed by atoms with Gasteiger partial charge in [-0.05, 0) is 60.2 Å². The van der Waals surface area contributed by atoms with Crippen LogP contribution in [0.2, 0.25) is 0 Å². The summed E-state index contributed by atoms with van der Waals surface area (Å²) >= 11 is 0. The highest BCUT2D eigenvalue weighted by atomic mass is 16.5. The average Bonchev–Trinajstić information content (AvgIpc) is 3.44. The van der Waals surface area contributed by atoms with Gasteiger partial charge in [0, 0.05) is 17.3 Å². The first-order valence-corrected chi connectivity index (χ1v) is 9.25. The lowest BCUT2D eigenvalue weighted by Gasteiger charge is -2.19. The van der Waals surface area contributed by atoms with Crippen molar-refractivity contribution in [1.29, 1.82) is 0 Å². The summed E-state index contributed by atoms with van der Waals surface area (Å²) in [5.74, 6) is 0.340. The van der Waals surface area contributed by atoms with Gasteiger partial charge in [0.1, 0.15) is 5.75 Å².